The van der Waals surface area contributed by atoms with Crippen LogP contribution in [0.1, 0.15) is 0 Å². The molecule has 0 fully saturated rings. The molecule has 0 amide bonds. The number of para-hydroxylation sites is 1. The molecule has 2 rings (SSSR count). The molecule has 0 aliphatic rings. The number of aliphatic hydroxyl groups excluding tert-OH is 1. The number of sulfone groups is 1. The zero-order valence-corrected chi connectivity index (χ0v) is 13.8. The van der Waals surface area contributed by atoms with Gasteiger partial charge in [-0.05, 0) is 36.4 Å². The number of benzene rings is 2. The molecule has 0 saturated heterocycles. The third kappa shape index (κ3) is 4.61. The van der Waals surface area contributed by atoms with Gasteiger partial charge in [-0.15, -0.1) is 0 Å². The highest BCUT2D eigenvalue weighted by Crippen LogP contribution is 2.23. The van der Waals surface area contributed by atoms with Gasteiger partial charge in [0.2, 0.25) is 0 Å². The van der Waals surface area contributed by atoms with E-state index in [9.17, 15) is 13.5 Å². The smallest absolute Gasteiger partial charge is 0.181 e. The number of halogens is 2. The van der Waals surface area contributed by atoms with E-state index in [1.165, 1.54) is 24.3 Å². The van der Waals surface area contributed by atoms with Crippen molar-refractivity contribution < 1.29 is 18.3 Å². The van der Waals surface area contributed by atoms with Crippen LogP contribution in [-0.2, 0) is 9.84 Å². The van der Waals surface area contributed by atoms with Crippen LogP contribution in [0.2, 0.25) is 10.0 Å². The van der Waals surface area contributed by atoms with Crippen molar-refractivity contribution in [3.8, 4) is 5.75 Å². The lowest BCUT2D eigenvalue weighted by atomic mass is 10.3. The van der Waals surface area contributed by atoms with Gasteiger partial charge in [0.1, 0.15) is 18.5 Å². The average molecular weight is 361 g/mol. The second-order valence-corrected chi connectivity index (χ2v) is 7.51. The SMILES string of the molecule is O=S(=O)(C[C@@H](O)COc1ccccc1Cl)c1ccc(Cl)cc1. The minimum Gasteiger partial charge on any atom is -0.489 e. The molecule has 1 atom stereocenters. The zero-order chi connectivity index (χ0) is 16.2. The summed E-state index contributed by atoms with van der Waals surface area (Å²) in [6, 6.07) is 12.5. The van der Waals surface area contributed by atoms with Gasteiger partial charge in [0, 0.05) is 5.02 Å². The van der Waals surface area contributed by atoms with E-state index in [0.717, 1.165) is 0 Å². The van der Waals surface area contributed by atoms with Gasteiger partial charge in [-0.25, -0.2) is 8.42 Å². The summed E-state index contributed by atoms with van der Waals surface area (Å²) in [7, 11) is -3.61. The van der Waals surface area contributed by atoms with Gasteiger partial charge in [0.15, 0.2) is 9.84 Å². The third-order valence-electron chi connectivity index (χ3n) is 2.85. The normalized spacial score (nSPS) is 12.9. The number of hydrogen-bond donors (Lipinski definition) is 1. The Morgan fingerprint density at radius 2 is 1.68 bits per heavy atom. The first kappa shape index (κ1) is 17.1. The highest BCUT2D eigenvalue weighted by Gasteiger charge is 2.20. The summed E-state index contributed by atoms with van der Waals surface area (Å²) in [4.78, 5) is 0.105. The quantitative estimate of drug-likeness (QED) is 0.858. The Labute approximate surface area is 139 Å². The van der Waals surface area contributed by atoms with Gasteiger partial charge >= 0.3 is 0 Å². The van der Waals surface area contributed by atoms with Crippen LogP contribution in [0.5, 0.6) is 5.75 Å². The molecule has 2 aromatic rings. The first-order valence-corrected chi connectivity index (χ1v) is 8.83. The molecule has 0 unspecified atom stereocenters. The molecule has 0 aliphatic heterocycles. The Kier molecular flexibility index (Phi) is 5.69. The summed E-state index contributed by atoms with van der Waals surface area (Å²) in [5.74, 6) is -0.0499. The lowest BCUT2D eigenvalue weighted by molar-refractivity contribution is 0.125. The predicted octanol–water partition coefficient (Wildman–Crippen LogP) is 3.21. The molecular weight excluding hydrogens is 347 g/mol. The molecule has 0 bridgehead atoms. The summed E-state index contributed by atoms with van der Waals surface area (Å²) in [5.41, 5.74) is 0. The first-order chi connectivity index (χ1) is 10.4. The van der Waals surface area contributed by atoms with Crippen molar-refractivity contribution in [2.45, 2.75) is 11.0 Å². The Morgan fingerprint density at radius 3 is 2.32 bits per heavy atom. The van der Waals surface area contributed by atoms with E-state index in [1.54, 1.807) is 24.3 Å². The molecule has 0 radical (unpaired) electrons. The number of hydrogen-bond acceptors (Lipinski definition) is 4. The van der Waals surface area contributed by atoms with E-state index >= 15 is 0 Å². The van der Waals surface area contributed by atoms with Crippen molar-refractivity contribution >= 4 is 33.0 Å². The van der Waals surface area contributed by atoms with Crippen LogP contribution >= 0.6 is 23.2 Å². The molecule has 4 nitrogen and oxygen atoms in total. The topological polar surface area (TPSA) is 63.6 Å². The van der Waals surface area contributed by atoms with E-state index in [4.69, 9.17) is 27.9 Å². The van der Waals surface area contributed by atoms with Gasteiger partial charge in [0.05, 0.1) is 15.7 Å². The van der Waals surface area contributed by atoms with Crippen molar-refractivity contribution in [3.05, 3.63) is 58.6 Å². The Balaban J connectivity index is 1.98. The summed E-state index contributed by atoms with van der Waals surface area (Å²) in [5, 5.41) is 10.7. The molecule has 2 aromatic carbocycles. The molecule has 0 spiro atoms. The fraction of sp³-hybridized carbons (Fsp3) is 0.200. The lowest BCUT2D eigenvalue weighted by Crippen LogP contribution is -2.27. The van der Waals surface area contributed by atoms with Crippen LogP contribution in [0.15, 0.2) is 53.4 Å². The molecule has 0 saturated carbocycles. The standard InChI is InChI=1S/C15H14Cl2O4S/c16-11-5-7-13(8-6-11)22(19,20)10-12(18)9-21-15-4-2-1-3-14(15)17/h1-8,12,18H,9-10H2/t12-/m0/s1. The Bertz CT molecular complexity index is 729. The Morgan fingerprint density at radius 1 is 1.05 bits per heavy atom. The number of ether oxygens (including phenoxy) is 1. The maximum absolute atomic E-state index is 12.1. The number of rotatable bonds is 6. The summed E-state index contributed by atoms with van der Waals surface area (Å²) in [6.07, 6.45) is -1.17. The Hall–Kier alpha value is -1.27. The lowest BCUT2D eigenvalue weighted by Gasteiger charge is -2.13. The second-order valence-electron chi connectivity index (χ2n) is 4.63. The highest BCUT2D eigenvalue weighted by atomic mass is 35.5. The van der Waals surface area contributed by atoms with E-state index in [2.05, 4.69) is 0 Å². The zero-order valence-electron chi connectivity index (χ0n) is 11.4. The summed E-state index contributed by atoms with van der Waals surface area (Å²) < 4.78 is 29.6. The molecule has 0 aliphatic carbocycles. The van der Waals surface area contributed by atoms with Gasteiger partial charge in [0.25, 0.3) is 0 Å². The number of aliphatic hydroxyl groups is 1. The van der Waals surface area contributed by atoms with Crippen molar-refractivity contribution in [2.75, 3.05) is 12.4 Å². The molecule has 118 valence electrons. The molecule has 22 heavy (non-hydrogen) atoms. The second kappa shape index (κ2) is 7.33. The van der Waals surface area contributed by atoms with Gasteiger partial charge in [-0.1, -0.05) is 35.3 Å². The molecule has 0 aromatic heterocycles. The van der Waals surface area contributed by atoms with E-state index < -0.39 is 21.7 Å². The van der Waals surface area contributed by atoms with E-state index in [-0.39, 0.29) is 11.5 Å². The molecular formula is C15H14Cl2O4S. The molecule has 7 heteroatoms. The maximum atomic E-state index is 12.1. The summed E-state index contributed by atoms with van der Waals surface area (Å²) in [6.45, 7) is -0.170. The molecule has 0 heterocycles. The van der Waals surface area contributed by atoms with Crippen LogP contribution in [0, 0.1) is 0 Å². The van der Waals surface area contributed by atoms with Crippen molar-refractivity contribution in [1.29, 1.82) is 0 Å². The minimum atomic E-state index is -3.61. The first-order valence-electron chi connectivity index (χ1n) is 6.42. The fourth-order valence-corrected chi connectivity index (χ4v) is 3.45. The summed E-state index contributed by atoms with van der Waals surface area (Å²) >= 11 is 11.6. The van der Waals surface area contributed by atoms with Gasteiger partial charge in [-0.2, -0.15) is 0 Å². The van der Waals surface area contributed by atoms with Crippen molar-refractivity contribution in [1.82, 2.24) is 0 Å². The van der Waals surface area contributed by atoms with Crippen molar-refractivity contribution in [2.24, 2.45) is 0 Å². The van der Waals surface area contributed by atoms with E-state index in [1.807, 2.05) is 0 Å². The van der Waals surface area contributed by atoms with Crippen LogP contribution in [0.25, 0.3) is 0 Å². The highest BCUT2D eigenvalue weighted by molar-refractivity contribution is 7.91. The van der Waals surface area contributed by atoms with Crippen LogP contribution in [0.3, 0.4) is 0 Å². The van der Waals surface area contributed by atoms with Crippen molar-refractivity contribution in [3.63, 3.8) is 0 Å². The average Bonchev–Trinajstić information content (AvgIpc) is 2.46. The maximum Gasteiger partial charge on any atom is 0.181 e. The van der Waals surface area contributed by atoms with Crippen LogP contribution in [0.4, 0.5) is 0 Å². The fourth-order valence-electron chi connectivity index (χ4n) is 1.79. The van der Waals surface area contributed by atoms with E-state index in [0.29, 0.717) is 15.8 Å². The predicted molar refractivity (Wildman–Crippen MR) is 86.5 cm³/mol. The minimum absolute atomic E-state index is 0.105. The monoisotopic (exact) mass is 360 g/mol. The van der Waals surface area contributed by atoms with Crippen LogP contribution < -0.4 is 4.74 Å². The van der Waals surface area contributed by atoms with Gasteiger partial charge < -0.3 is 9.84 Å². The van der Waals surface area contributed by atoms with Crippen LogP contribution in [-0.4, -0.2) is 32.0 Å². The van der Waals surface area contributed by atoms with Gasteiger partial charge in [-0.3, -0.25) is 0 Å². The largest absolute Gasteiger partial charge is 0.489 e. The molecule has 1 N–H and O–H groups in total. The third-order valence-corrected chi connectivity index (χ3v) is 5.23.